The summed E-state index contributed by atoms with van der Waals surface area (Å²) in [5.41, 5.74) is 3.29. The van der Waals surface area contributed by atoms with Gasteiger partial charge in [0.05, 0.1) is 26.4 Å². The van der Waals surface area contributed by atoms with Crippen LogP contribution in [0.4, 0.5) is 0 Å². The zero-order valence-corrected chi connectivity index (χ0v) is 23.8. The van der Waals surface area contributed by atoms with Crippen molar-refractivity contribution in [2.45, 2.75) is 62.0 Å². The Labute approximate surface area is 232 Å². The third kappa shape index (κ3) is 15.4. The molecule has 37 heavy (non-hydrogen) atoms. The normalized spacial score (nSPS) is 11.1. The van der Waals surface area contributed by atoms with Crippen molar-refractivity contribution in [2.24, 2.45) is 0 Å². The lowest BCUT2D eigenvalue weighted by Crippen LogP contribution is -2.10. The van der Waals surface area contributed by atoms with Crippen molar-refractivity contribution in [1.29, 1.82) is 0 Å². The highest BCUT2D eigenvalue weighted by molar-refractivity contribution is 7.98. The third-order valence-electron chi connectivity index (χ3n) is 5.84. The van der Waals surface area contributed by atoms with Crippen molar-refractivity contribution in [3.05, 3.63) is 65.2 Å². The highest BCUT2D eigenvalue weighted by Crippen LogP contribution is 2.17. The van der Waals surface area contributed by atoms with Crippen LogP contribution in [0.2, 0.25) is 0 Å². The molecule has 2 aromatic rings. The summed E-state index contributed by atoms with van der Waals surface area (Å²) >= 11 is 5.98. The number of hydrogen-bond donors (Lipinski definition) is 1. The van der Waals surface area contributed by atoms with Crippen LogP contribution in [0.3, 0.4) is 0 Å². The average Bonchev–Trinajstić information content (AvgIpc) is 2.91. The first kappa shape index (κ1) is 31.6. The lowest BCUT2D eigenvalue weighted by atomic mass is 10.0. The molecule has 0 fully saturated rings. The quantitative estimate of drug-likeness (QED) is 0.109. The average molecular weight is 547 g/mol. The van der Waals surface area contributed by atoms with Gasteiger partial charge in [-0.15, -0.1) is 11.8 Å². The number of rotatable bonds is 22. The Balaban J connectivity index is 1.33. The highest BCUT2D eigenvalue weighted by atomic mass is 32.2. The first-order valence-electron chi connectivity index (χ1n) is 13.2. The molecule has 0 unspecified atom stereocenters. The zero-order valence-electron chi connectivity index (χ0n) is 22.1. The minimum Gasteiger partial charge on any atom is -0.379 e. The maximum Gasteiger partial charge on any atom is 0.137 e. The molecular formula is C30H42O5S2. The Morgan fingerprint density at radius 2 is 1.16 bits per heavy atom. The fourth-order valence-electron chi connectivity index (χ4n) is 3.85. The molecule has 2 aromatic carbocycles. The largest absolute Gasteiger partial charge is 0.379 e. The number of hydrogen-bond acceptors (Lipinski definition) is 7. The van der Waals surface area contributed by atoms with Gasteiger partial charge in [-0.3, -0.25) is 9.59 Å². The summed E-state index contributed by atoms with van der Waals surface area (Å²) in [6.07, 6.45) is 7.67. The molecule has 0 aliphatic heterocycles. The Bertz CT molecular complexity index is 845. The molecule has 0 N–H and O–H groups in total. The number of ether oxygens (including phenoxy) is 3. The second-order valence-electron chi connectivity index (χ2n) is 9.01. The molecule has 0 aliphatic carbocycles. The van der Waals surface area contributed by atoms with Gasteiger partial charge in [-0.1, -0.05) is 36.4 Å². The number of unbranched alkanes of at least 4 members (excludes halogenated alkanes) is 2. The molecule has 0 amide bonds. The maximum atomic E-state index is 12.2. The van der Waals surface area contributed by atoms with Crippen molar-refractivity contribution >= 4 is 36.0 Å². The van der Waals surface area contributed by atoms with Crippen LogP contribution in [0.25, 0.3) is 0 Å². The summed E-state index contributed by atoms with van der Waals surface area (Å²) < 4.78 is 16.7. The first-order valence-corrected chi connectivity index (χ1v) is 15.0. The second kappa shape index (κ2) is 20.3. The van der Waals surface area contributed by atoms with Crippen LogP contribution >= 0.6 is 24.4 Å². The number of benzene rings is 2. The summed E-state index contributed by atoms with van der Waals surface area (Å²) in [6, 6.07) is 16.2. The molecule has 5 nitrogen and oxygen atoms in total. The summed E-state index contributed by atoms with van der Waals surface area (Å²) in [6.45, 7) is 3.46. The molecule has 0 saturated carbocycles. The van der Waals surface area contributed by atoms with Crippen LogP contribution < -0.4 is 0 Å². The van der Waals surface area contributed by atoms with E-state index in [1.165, 1.54) is 4.90 Å². The van der Waals surface area contributed by atoms with E-state index in [2.05, 4.69) is 30.8 Å². The van der Waals surface area contributed by atoms with Crippen molar-refractivity contribution in [1.82, 2.24) is 0 Å². The second-order valence-corrected chi connectivity index (χ2v) is 10.2. The fraction of sp³-hybridized carbons (Fsp3) is 0.533. The fourth-order valence-corrected chi connectivity index (χ4v) is 4.53. The van der Waals surface area contributed by atoms with Gasteiger partial charge in [0.2, 0.25) is 0 Å². The van der Waals surface area contributed by atoms with Crippen molar-refractivity contribution < 1.29 is 23.8 Å². The summed E-state index contributed by atoms with van der Waals surface area (Å²) in [5, 5.41) is 0. The van der Waals surface area contributed by atoms with Crippen molar-refractivity contribution in [2.75, 3.05) is 45.9 Å². The van der Waals surface area contributed by atoms with E-state index in [0.717, 1.165) is 42.4 Å². The van der Waals surface area contributed by atoms with E-state index in [0.29, 0.717) is 71.1 Å². The summed E-state index contributed by atoms with van der Waals surface area (Å²) in [7, 11) is 0. The minimum atomic E-state index is 0.267. The van der Waals surface area contributed by atoms with E-state index in [1.54, 1.807) is 11.8 Å². The highest BCUT2D eigenvalue weighted by Gasteiger charge is 2.06. The van der Waals surface area contributed by atoms with Crippen molar-refractivity contribution in [3.63, 3.8) is 0 Å². The van der Waals surface area contributed by atoms with Gasteiger partial charge in [-0.2, -0.15) is 12.6 Å². The Hall–Kier alpha value is -1.64. The van der Waals surface area contributed by atoms with E-state index in [4.69, 9.17) is 14.2 Å². The van der Waals surface area contributed by atoms with Crippen LogP contribution in [-0.4, -0.2) is 57.5 Å². The zero-order chi connectivity index (χ0) is 26.6. The third-order valence-corrected chi connectivity index (χ3v) is 6.93. The van der Waals surface area contributed by atoms with Gasteiger partial charge < -0.3 is 14.2 Å². The lowest BCUT2D eigenvalue weighted by molar-refractivity contribution is -0.119. The van der Waals surface area contributed by atoms with Gasteiger partial charge in [0.25, 0.3) is 0 Å². The molecule has 0 aromatic heterocycles. The maximum absolute atomic E-state index is 12.2. The van der Waals surface area contributed by atoms with Crippen LogP contribution in [0.15, 0.2) is 53.4 Å². The smallest absolute Gasteiger partial charge is 0.137 e. The molecule has 0 atom stereocenters. The van der Waals surface area contributed by atoms with Crippen LogP contribution in [0, 0.1) is 0 Å². The Morgan fingerprint density at radius 1 is 0.676 bits per heavy atom. The number of carbonyl (C=O) groups excluding carboxylic acids is 2. The molecule has 0 radical (unpaired) electrons. The lowest BCUT2D eigenvalue weighted by Gasteiger charge is -2.07. The number of Topliss-reactive ketones (excluding diaryl/α,β-unsaturated/α-hetero) is 2. The molecule has 0 aliphatic rings. The number of carbonyl (C=O) groups is 2. The van der Waals surface area contributed by atoms with Gasteiger partial charge >= 0.3 is 0 Å². The van der Waals surface area contributed by atoms with E-state index >= 15 is 0 Å². The molecule has 0 spiro atoms. The predicted octanol–water partition coefficient (Wildman–Crippen LogP) is 6.15. The van der Waals surface area contributed by atoms with Gasteiger partial charge in [0.15, 0.2) is 0 Å². The molecular weight excluding hydrogens is 504 g/mol. The van der Waals surface area contributed by atoms with Crippen LogP contribution in [-0.2, 0) is 42.4 Å². The number of thiol groups is 1. The first-order chi connectivity index (χ1) is 18.1. The van der Waals surface area contributed by atoms with E-state index in [1.807, 2.05) is 36.6 Å². The summed E-state index contributed by atoms with van der Waals surface area (Å²) in [4.78, 5) is 25.5. The van der Waals surface area contributed by atoms with E-state index < -0.39 is 0 Å². The van der Waals surface area contributed by atoms with Crippen molar-refractivity contribution in [3.8, 4) is 0 Å². The van der Waals surface area contributed by atoms with Gasteiger partial charge in [-0.25, -0.2) is 0 Å². The monoisotopic (exact) mass is 546 g/mol. The molecule has 7 heteroatoms. The molecule has 204 valence electrons. The SMILES string of the molecule is CSc1cccc(CC(=O)CCCCOCCOCCOCCCCC(=O)Cc2cccc(CS)c2)c1. The molecule has 0 saturated heterocycles. The molecule has 2 rings (SSSR count). The molecule has 0 heterocycles. The Morgan fingerprint density at radius 3 is 1.70 bits per heavy atom. The minimum absolute atomic E-state index is 0.267. The van der Waals surface area contributed by atoms with Crippen LogP contribution in [0.5, 0.6) is 0 Å². The predicted molar refractivity (Wildman–Crippen MR) is 155 cm³/mol. The standard InChI is InChI=1S/C30H42O5S2/c1-37-30-13-7-9-26(23-30)22-29(32)12-3-5-15-34-17-19-35-18-16-33-14-4-2-11-28(31)21-25-8-6-10-27(20-25)24-36/h6-10,13,20,23,36H,2-5,11-12,14-19,21-22,24H2,1H3. The van der Waals surface area contributed by atoms with Gasteiger partial charge in [0, 0.05) is 49.5 Å². The van der Waals surface area contributed by atoms with E-state index in [9.17, 15) is 9.59 Å². The topological polar surface area (TPSA) is 61.8 Å². The number of ketones is 2. The van der Waals surface area contributed by atoms with Crippen LogP contribution in [0.1, 0.15) is 55.2 Å². The Kier molecular flexibility index (Phi) is 17.4. The van der Waals surface area contributed by atoms with Gasteiger partial charge in [0.1, 0.15) is 11.6 Å². The molecule has 0 bridgehead atoms. The van der Waals surface area contributed by atoms with Gasteiger partial charge in [-0.05, 0) is 60.8 Å². The van der Waals surface area contributed by atoms with E-state index in [-0.39, 0.29) is 11.6 Å². The number of thioether (sulfide) groups is 1. The summed E-state index contributed by atoms with van der Waals surface area (Å²) in [5.74, 6) is 1.24.